The predicted octanol–water partition coefficient (Wildman–Crippen LogP) is 4.62. The highest BCUT2D eigenvalue weighted by molar-refractivity contribution is 5.25. The lowest BCUT2D eigenvalue weighted by atomic mass is 9.71. The molecule has 3 unspecified atom stereocenters. The normalized spacial score (nSPS) is 26.0. The van der Waals surface area contributed by atoms with Gasteiger partial charge in [0, 0.05) is 0 Å². The van der Waals surface area contributed by atoms with Crippen molar-refractivity contribution in [2.75, 3.05) is 13.1 Å². The van der Waals surface area contributed by atoms with E-state index in [-0.39, 0.29) is 11.8 Å². The summed E-state index contributed by atoms with van der Waals surface area (Å²) >= 11 is 0. The predicted molar refractivity (Wildman–Crippen MR) is 78.7 cm³/mol. The van der Waals surface area contributed by atoms with Gasteiger partial charge >= 0.3 is 0 Å². The Hall–Kier alpha value is -1.03. The molecule has 2 rings (SSSR count). The summed E-state index contributed by atoms with van der Waals surface area (Å²) in [5.74, 6) is -2.72. The molecular weight excluding hydrogens is 275 g/mol. The van der Waals surface area contributed by atoms with Gasteiger partial charge in [0.15, 0.2) is 17.5 Å². The van der Waals surface area contributed by atoms with E-state index in [0.29, 0.717) is 11.5 Å². The van der Waals surface area contributed by atoms with E-state index < -0.39 is 17.5 Å². The highest BCUT2D eigenvalue weighted by atomic mass is 19.2. The van der Waals surface area contributed by atoms with Crippen LogP contribution < -0.4 is 5.32 Å². The molecule has 0 bridgehead atoms. The lowest BCUT2D eigenvalue weighted by molar-refractivity contribution is 0.236. The third-order valence-corrected chi connectivity index (χ3v) is 4.55. The Morgan fingerprint density at radius 1 is 1.14 bits per heavy atom. The van der Waals surface area contributed by atoms with Crippen molar-refractivity contribution < 1.29 is 13.2 Å². The molecule has 0 spiro atoms. The maximum absolute atomic E-state index is 14.1. The van der Waals surface area contributed by atoms with Gasteiger partial charge < -0.3 is 5.32 Å². The van der Waals surface area contributed by atoms with Crippen LogP contribution in [0.4, 0.5) is 13.2 Å². The highest BCUT2D eigenvalue weighted by Crippen LogP contribution is 2.41. The minimum Gasteiger partial charge on any atom is -0.316 e. The number of benzene rings is 1. The van der Waals surface area contributed by atoms with E-state index in [0.717, 1.165) is 44.8 Å². The molecule has 1 aromatic carbocycles. The SMILES string of the molecule is CCCNCC1CCC(C)CC1c1ccc(F)c(F)c1F. The molecular formula is C17H24F3N. The van der Waals surface area contributed by atoms with Crippen molar-refractivity contribution in [3.63, 3.8) is 0 Å². The third kappa shape index (κ3) is 3.79. The fourth-order valence-electron chi connectivity index (χ4n) is 3.36. The second kappa shape index (κ2) is 7.30. The quantitative estimate of drug-likeness (QED) is 0.618. The fraction of sp³-hybridized carbons (Fsp3) is 0.647. The lowest BCUT2D eigenvalue weighted by Gasteiger charge is -2.35. The summed E-state index contributed by atoms with van der Waals surface area (Å²) in [4.78, 5) is 0. The van der Waals surface area contributed by atoms with Crippen LogP contribution in [0.15, 0.2) is 12.1 Å². The first kappa shape index (κ1) is 16.3. The molecule has 0 amide bonds. The topological polar surface area (TPSA) is 12.0 Å². The van der Waals surface area contributed by atoms with Crippen molar-refractivity contribution in [3.8, 4) is 0 Å². The molecule has 118 valence electrons. The molecule has 1 saturated carbocycles. The van der Waals surface area contributed by atoms with Gasteiger partial charge in [-0.25, -0.2) is 13.2 Å². The summed E-state index contributed by atoms with van der Waals surface area (Å²) in [6.45, 7) is 5.98. The van der Waals surface area contributed by atoms with Crippen LogP contribution in [0, 0.1) is 29.3 Å². The van der Waals surface area contributed by atoms with E-state index in [1.165, 1.54) is 6.07 Å². The van der Waals surface area contributed by atoms with Gasteiger partial charge in [0.25, 0.3) is 0 Å². The standard InChI is InChI=1S/C17H24F3N/c1-3-8-21-10-12-5-4-11(2)9-14(12)13-6-7-15(18)17(20)16(13)19/h6-7,11-12,14,21H,3-5,8-10H2,1-2H3. The smallest absolute Gasteiger partial charge is 0.194 e. The highest BCUT2D eigenvalue weighted by Gasteiger charge is 2.32. The van der Waals surface area contributed by atoms with Crippen molar-refractivity contribution in [1.29, 1.82) is 0 Å². The van der Waals surface area contributed by atoms with Crippen LogP contribution in [0.3, 0.4) is 0 Å². The average molecular weight is 299 g/mol. The molecule has 0 radical (unpaired) electrons. The van der Waals surface area contributed by atoms with E-state index >= 15 is 0 Å². The van der Waals surface area contributed by atoms with Crippen LogP contribution in [0.1, 0.15) is 51.0 Å². The van der Waals surface area contributed by atoms with Gasteiger partial charge in [0.05, 0.1) is 0 Å². The van der Waals surface area contributed by atoms with E-state index in [4.69, 9.17) is 0 Å². The van der Waals surface area contributed by atoms with Gasteiger partial charge in [-0.05, 0) is 61.7 Å². The fourth-order valence-corrected chi connectivity index (χ4v) is 3.36. The molecule has 4 heteroatoms. The molecule has 0 aliphatic heterocycles. The second-order valence-electron chi connectivity index (χ2n) is 6.25. The summed E-state index contributed by atoms with van der Waals surface area (Å²) in [6, 6.07) is 2.47. The van der Waals surface area contributed by atoms with Gasteiger partial charge in [-0.2, -0.15) is 0 Å². The molecule has 1 N–H and O–H groups in total. The Morgan fingerprint density at radius 2 is 1.90 bits per heavy atom. The summed E-state index contributed by atoms with van der Waals surface area (Å²) in [5, 5.41) is 3.37. The van der Waals surface area contributed by atoms with E-state index in [9.17, 15) is 13.2 Å². The van der Waals surface area contributed by atoms with Crippen molar-refractivity contribution in [2.45, 2.75) is 45.4 Å². The third-order valence-electron chi connectivity index (χ3n) is 4.55. The van der Waals surface area contributed by atoms with Crippen LogP contribution in [-0.4, -0.2) is 13.1 Å². The maximum atomic E-state index is 14.1. The molecule has 0 aromatic heterocycles. The molecule has 1 aliphatic rings. The zero-order valence-corrected chi connectivity index (χ0v) is 12.8. The number of hydrogen-bond donors (Lipinski definition) is 1. The summed E-state index contributed by atoms with van der Waals surface area (Å²) in [6.07, 6.45) is 4.00. The Morgan fingerprint density at radius 3 is 2.62 bits per heavy atom. The Kier molecular flexibility index (Phi) is 5.68. The Balaban J connectivity index is 2.21. The largest absolute Gasteiger partial charge is 0.316 e. The first-order chi connectivity index (χ1) is 10.0. The number of halogens is 3. The van der Waals surface area contributed by atoms with E-state index in [1.54, 1.807) is 0 Å². The van der Waals surface area contributed by atoms with Crippen LogP contribution >= 0.6 is 0 Å². The van der Waals surface area contributed by atoms with Crippen LogP contribution in [0.5, 0.6) is 0 Å². The molecule has 21 heavy (non-hydrogen) atoms. The summed E-state index contributed by atoms with van der Waals surface area (Å²) < 4.78 is 40.7. The molecule has 1 aliphatic carbocycles. The Labute approximate surface area is 124 Å². The second-order valence-corrected chi connectivity index (χ2v) is 6.25. The van der Waals surface area contributed by atoms with Crippen molar-refractivity contribution >= 4 is 0 Å². The summed E-state index contributed by atoms with van der Waals surface area (Å²) in [5.41, 5.74) is 0.337. The zero-order chi connectivity index (χ0) is 15.4. The first-order valence-electron chi connectivity index (χ1n) is 7.88. The minimum atomic E-state index is -1.34. The molecule has 1 fully saturated rings. The number of rotatable bonds is 5. The van der Waals surface area contributed by atoms with Crippen LogP contribution in [-0.2, 0) is 0 Å². The summed E-state index contributed by atoms with van der Waals surface area (Å²) in [7, 11) is 0. The number of nitrogens with one attached hydrogen (secondary N) is 1. The molecule has 0 heterocycles. The van der Waals surface area contributed by atoms with E-state index in [2.05, 4.69) is 19.2 Å². The zero-order valence-electron chi connectivity index (χ0n) is 12.8. The first-order valence-corrected chi connectivity index (χ1v) is 7.88. The van der Waals surface area contributed by atoms with Gasteiger partial charge in [0.1, 0.15) is 0 Å². The molecule has 0 saturated heterocycles. The monoisotopic (exact) mass is 299 g/mol. The van der Waals surface area contributed by atoms with Gasteiger partial charge in [-0.1, -0.05) is 26.3 Å². The molecule has 1 nitrogen and oxygen atoms in total. The minimum absolute atomic E-state index is 0.0341. The van der Waals surface area contributed by atoms with Crippen LogP contribution in [0.25, 0.3) is 0 Å². The van der Waals surface area contributed by atoms with E-state index in [1.807, 2.05) is 0 Å². The van der Waals surface area contributed by atoms with Gasteiger partial charge in [-0.3, -0.25) is 0 Å². The van der Waals surface area contributed by atoms with Crippen molar-refractivity contribution in [1.82, 2.24) is 5.32 Å². The van der Waals surface area contributed by atoms with Crippen molar-refractivity contribution in [2.24, 2.45) is 11.8 Å². The Bertz CT molecular complexity index is 475. The van der Waals surface area contributed by atoms with Crippen molar-refractivity contribution in [3.05, 3.63) is 35.1 Å². The van der Waals surface area contributed by atoms with Gasteiger partial charge in [0.2, 0.25) is 0 Å². The van der Waals surface area contributed by atoms with Gasteiger partial charge in [-0.15, -0.1) is 0 Å². The van der Waals surface area contributed by atoms with Crippen LogP contribution in [0.2, 0.25) is 0 Å². The molecule has 3 atom stereocenters. The number of hydrogen-bond acceptors (Lipinski definition) is 1. The maximum Gasteiger partial charge on any atom is 0.194 e. The lowest BCUT2D eigenvalue weighted by Crippen LogP contribution is -2.32. The molecule has 1 aromatic rings. The average Bonchev–Trinajstić information content (AvgIpc) is 2.47.